The lowest BCUT2D eigenvalue weighted by atomic mass is 10.1. The van der Waals surface area contributed by atoms with Gasteiger partial charge in [-0.3, -0.25) is 4.99 Å². The highest BCUT2D eigenvalue weighted by Crippen LogP contribution is 2.22. The van der Waals surface area contributed by atoms with E-state index in [0.29, 0.717) is 13.1 Å². The summed E-state index contributed by atoms with van der Waals surface area (Å²) in [5.41, 5.74) is -0.492. The van der Waals surface area contributed by atoms with Gasteiger partial charge in [-0.2, -0.15) is 5.10 Å². The maximum absolute atomic E-state index is 12.1. The largest absolute Gasteiger partial charge is 0.444 e. The number of rotatable bonds is 6. The van der Waals surface area contributed by atoms with Crippen molar-refractivity contribution >= 4 is 36.0 Å². The second-order valence-electron chi connectivity index (χ2n) is 8.77. The molecule has 1 aromatic heterocycles. The van der Waals surface area contributed by atoms with Crippen LogP contribution in [-0.2, 0) is 11.3 Å². The Morgan fingerprint density at radius 2 is 2.13 bits per heavy atom. The Morgan fingerprint density at radius 3 is 2.77 bits per heavy atom. The molecule has 0 spiro atoms. The van der Waals surface area contributed by atoms with Gasteiger partial charge in [-0.15, -0.1) is 24.0 Å². The van der Waals surface area contributed by atoms with Crippen LogP contribution in [0.2, 0.25) is 0 Å². The van der Waals surface area contributed by atoms with Crippen LogP contribution in [0.25, 0.3) is 0 Å². The van der Waals surface area contributed by atoms with Crippen LogP contribution in [0.4, 0.5) is 4.79 Å². The molecule has 2 N–H and O–H groups in total. The van der Waals surface area contributed by atoms with Gasteiger partial charge in [0.25, 0.3) is 0 Å². The number of fused-ring (bicyclic) bond motifs is 1. The molecule has 0 aromatic carbocycles. The predicted octanol–water partition coefficient (Wildman–Crippen LogP) is 3.10. The zero-order valence-corrected chi connectivity index (χ0v) is 21.7. The molecule has 0 saturated carbocycles. The summed E-state index contributed by atoms with van der Waals surface area (Å²) in [5.74, 6) is 2.73. The number of carbonyl (C=O) groups excluding carboxylic acids is 1. The van der Waals surface area contributed by atoms with Gasteiger partial charge >= 0.3 is 6.09 Å². The van der Waals surface area contributed by atoms with Crippen LogP contribution in [0.3, 0.4) is 0 Å². The normalized spacial score (nSPS) is 17.4. The van der Waals surface area contributed by atoms with Crippen molar-refractivity contribution in [2.45, 2.75) is 72.6 Å². The number of nitrogens with one attached hydrogen (secondary N) is 2. The molecule has 0 radical (unpaired) electrons. The lowest BCUT2D eigenvalue weighted by Gasteiger charge is -2.27. The number of aromatic nitrogens is 3. The van der Waals surface area contributed by atoms with Crippen LogP contribution in [-0.4, -0.2) is 64.0 Å². The van der Waals surface area contributed by atoms with Crippen LogP contribution >= 0.6 is 24.0 Å². The first-order chi connectivity index (χ1) is 13.6. The quantitative estimate of drug-likeness (QED) is 0.330. The van der Waals surface area contributed by atoms with Crippen LogP contribution < -0.4 is 10.6 Å². The van der Waals surface area contributed by atoms with E-state index in [2.05, 4.69) is 27.6 Å². The maximum atomic E-state index is 12.1. The number of hydrogen-bond acceptors (Lipinski definition) is 5. The molecule has 2 heterocycles. The molecule has 10 heteroatoms. The van der Waals surface area contributed by atoms with Gasteiger partial charge in [-0.05, 0) is 53.4 Å². The summed E-state index contributed by atoms with van der Waals surface area (Å²) in [6, 6.07) is 0.0995. The molecule has 0 fully saturated rings. The van der Waals surface area contributed by atoms with E-state index in [-0.39, 0.29) is 42.0 Å². The van der Waals surface area contributed by atoms with Crippen molar-refractivity contribution in [3.05, 3.63) is 11.6 Å². The standard InChI is InChI=1S/C20H37N7O2.HI/c1-8-21-18(24-16-10-9-11-27-17(16)23-15(3)25-27)22-12-14(2)13-26(7)19(28)29-20(4,5)6;/h14,16H,8-13H2,1-7H3,(H2,21,22,24);1H. The number of guanidine groups is 1. The highest BCUT2D eigenvalue weighted by Gasteiger charge is 2.25. The summed E-state index contributed by atoms with van der Waals surface area (Å²) in [6.07, 6.45) is 1.75. The molecule has 0 saturated heterocycles. The van der Waals surface area contributed by atoms with E-state index in [1.165, 1.54) is 0 Å². The second-order valence-corrected chi connectivity index (χ2v) is 8.77. The van der Waals surface area contributed by atoms with Gasteiger partial charge in [0.05, 0.1) is 6.04 Å². The SMILES string of the molecule is CCNC(=NCC(C)CN(C)C(=O)OC(C)(C)C)NC1CCCn2nc(C)nc21.I. The van der Waals surface area contributed by atoms with Crippen LogP contribution in [0.15, 0.2) is 4.99 Å². The summed E-state index contributed by atoms with van der Waals surface area (Å²) in [5, 5.41) is 11.3. The molecule has 1 aliphatic heterocycles. The smallest absolute Gasteiger partial charge is 0.410 e. The summed E-state index contributed by atoms with van der Waals surface area (Å²) >= 11 is 0. The minimum absolute atomic E-state index is 0. The molecule has 9 nitrogen and oxygen atoms in total. The van der Waals surface area contributed by atoms with Crippen LogP contribution in [0.1, 0.15) is 65.2 Å². The molecule has 0 bridgehead atoms. The molecule has 172 valence electrons. The molecule has 30 heavy (non-hydrogen) atoms. The topological polar surface area (TPSA) is 96.7 Å². The molecule has 1 aromatic rings. The first-order valence-corrected chi connectivity index (χ1v) is 10.5. The first kappa shape index (κ1) is 26.4. The van der Waals surface area contributed by atoms with Crippen molar-refractivity contribution in [3.63, 3.8) is 0 Å². The third-order valence-corrected chi connectivity index (χ3v) is 4.49. The lowest BCUT2D eigenvalue weighted by Crippen LogP contribution is -2.42. The Labute approximate surface area is 197 Å². The summed E-state index contributed by atoms with van der Waals surface area (Å²) < 4.78 is 7.40. The van der Waals surface area contributed by atoms with E-state index in [9.17, 15) is 4.79 Å². The van der Waals surface area contributed by atoms with Crippen molar-refractivity contribution in [2.75, 3.05) is 26.7 Å². The van der Waals surface area contributed by atoms with E-state index in [1.54, 1.807) is 11.9 Å². The summed E-state index contributed by atoms with van der Waals surface area (Å²) in [6.45, 7) is 14.5. The van der Waals surface area contributed by atoms with Crippen LogP contribution in [0, 0.1) is 12.8 Å². The van der Waals surface area contributed by atoms with Gasteiger partial charge in [0.15, 0.2) is 5.96 Å². The summed E-state index contributed by atoms with van der Waals surface area (Å²) in [7, 11) is 1.76. The molecule has 1 amide bonds. The molecule has 2 atom stereocenters. The van der Waals surface area contributed by atoms with E-state index >= 15 is 0 Å². The zero-order valence-electron chi connectivity index (χ0n) is 19.4. The summed E-state index contributed by atoms with van der Waals surface area (Å²) in [4.78, 5) is 23.1. The molecule has 1 aliphatic rings. The Balaban J connectivity index is 0.00000450. The van der Waals surface area contributed by atoms with Crippen molar-refractivity contribution in [2.24, 2.45) is 10.9 Å². The molecule has 2 unspecified atom stereocenters. The van der Waals surface area contributed by atoms with E-state index < -0.39 is 5.60 Å². The number of carbonyl (C=O) groups is 1. The molecular formula is C20H38IN7O2. The van der Waals surface area contributed by atoms with Crippen molar-refractivity contribution in [1.29, 1.82) is 0 Å². The number of amides is 1. The lowest BCUT2D eigenvalue weighted by molar-refractivity contribution is 0.0279. The number of hydrogen-bond donors (Lipinski definition) is 2. The first-order valence-electron chi connectivity index (χ1n) is 10.5. The monoisotopic (exact) mass is 535 g/mol. The number of aryl methyl sites for hydroxylation is 2. The number of ether oxygens (including phenoxy) is 1. The fraction of sp³-hybridized carbons (Fsp3) is 0.800. The average Bonchev–Trinajstić information content (AvgIpc) is 2.99. The fourth-order valence-electron chi connectivity index (χ4n) is 3.28. The van der Waals surface area contributed by atoms with Gasteiger partial charge in [0.2, 0.25) is 0 Å². The Bertz CT molecular complexity index is 714. The van der Waals surface area contributed by atoms with Gasteiger partial charge < -0.3 is 20.3 Å². The van der Waals surface area contributed by atoms with E-state index in [1.807, 2.05) is 39.3 Å². The molecular weight excluding hydrogens is 497 g/mol. The Morgan fingerprint density at radius 1 is 1.43 bits per heavy atom. The van der Waals surface area contributed by atoms with Crippen molar-refractivity contribution in [1.82, 2.24) is 30.3 Å². The van der Waals surface area contributed by atoms with Gasteiger partial charge in [0.1, 0.15) is 17.2 Å². The van der Waals surface area contributed by atoms with E-state index in [0.717, 1.165) is 43.5 Å². The third kappa shape index (κ3) is 8.27. The number of aliphatic imine (C=N–C) groups is 1. The highest BCUT2D eigenvalue weighted by molar-refractivity contribution is 14.0. The average molecular weight is 535 g/mol. The zero-order chi connectivity index (χ0) is 21.6. The minimum atomic E-state index is -0.492. The Hall–Kier alpha value is -1.59. The number of halogens is 1. The second kappa shape index (κ2) is 11.7. The minimum Gasteiger partial charge on any atom is -0.444 e. The Kier molecular flexibility index (Phi) is 10.3. The van der Waals surface area contributed by atoms with Gasteiger partial charge in [-0.25, -0.2) is 14.5 Å². The fourth-order valence-corrected chi connectivity index (χ4v) is 3.28. The molecule has 0 aliphatic carbocycles. The van der Waals surface area contributed by atoms with Crippen molar-refractivity contribution in [3.8, 4) is 0 Å². The van der Waals surface area contributed by atoms with Gasteiger partial charge in [-0.1, -0.05) is 6.92 Å². The van der Waals surface area contributed by atoms with Gasteiger partial charge in [0, 0.05) is 33.2 Å². The maximum Gasteiger partial charge on any atom is 0.410 e. The third-order valence-electron chi connectivity index (χ3n) is 4.49. The number of nitrogens with zero attached hydrogens (tertiary/aromatic N) is 5. The van der Waals surface area contributed by atoms with E-state index in [4.69, 9.17) is 9.73 Å². The molecule has 2 rings (SSSR count). The van der Waals surface area contributed by atoms with Crippen molar-refractivity contribution < 1.29 is 9.53 Å². The van der Waals surface area contributed by atoms with Crippen LogP contribution in [0.5, 0.6) is 0 Å². The highest BCUT2D eigenvalue weighted by atomic mass is 127. The predicted molar refractivity (Wildman–Crippen MR) is 129 cm³/mol.